The lowest BCUT2D eigenvalue weighted by Gasteiger charge is -2.08. The Labute approximate surface area is 96.1 Å². The summed E-state index contributed by atoms with van der Waals surface area (Å²) in [7, 11) is 1.22. The van der Waals surface area contributed by atoms with Gasteiger partial charge in [-0.25, -0.2) is 4.39 Å². The molecule has 0 aliphatic rings. The quantitative estimate of drug-likeness (QED) is 0.751. The first kappa shape index (κ1) is 13.3. The summed E-state index contributed by atoms with van der Waals surface area (Å²) >= 11 is 0. The number of esters is 1. The van der Waals surface area contributed by atoms with Gasteiger partial charge in [0.25, 0.3) is 0 Å². The molecule has 0 saturated carbocycles. The van der Waals surface area contributed by atoms with Crippen molar-refractivity contribution >= 4 is 5.97 Å². The van der Waals surface area contributed by atoms with Gasteiger partial charge in [0.1, 0.15) is 0 Å². The van der Waals surface area contributed by atoms with Crippen LogP contribution in [0.25, 0.3) is 0 Å². The van der Waals surface area contributed by atoms with Crippen LogP contribution in [0.4, 0.5) is 13.2 Å². The number of aryl methyl sites for hydroxylation is 1. The highest BCUT2D eigenvalue weighted by Crippen LogP contribution is 2.23. The Bertz CT molecular complexity index is 394. The SMILES string of the molecule is COC(=O)CCc1cccc(OC(F)F)c1F. The van der Waals surface area contributed by atoms with Crippen molar-refractivity contribution in [1.29, 1.82) is 0 Å². The van der Waals surface area contributed by atoms with Gasteiger partial charge in [-0.05, 0) is 18.1 Å². The molecule has 3 nitrogen and oxygen atoms in total. The van der Waals surface area contributed by atoms with E-state index in [0.717, 1.165) is 6.07 Å². The minimum absolute atomic E-state index is 0.0223. The van der Waals surface area contributed by atoms with E-state index in [0.29, 0.717) is 0 Å². The summed E-state index contributed by atoms with van der Waals surface area (Å²) in [5.41, 5.74) is 0.133. The molecule has 17 heavy (non-hydrogen) atoms. The molecule has 1 aromatic rings. The summed E-state index contributed by atoms with van der Waals surface area (Å²) < 4.78 is 45.8. The van der Waals surface area contributed by atoms with E-state index in [2.05, 4.69) is 9.47 Å². The highest BCUT2D eigenvalue weighted by molar-refractivity contribution is 5.69. The lowest BCUT2D eigenvalue weighted by Crippen LogP contribution is -2.07. The molecule has 6 heteroatoms. The molecule has 94 valence electrons. The predicted octanol–water partition coefficient (Wildman–Crippen LogP) is 2.53. The second-order valence-electron chi connectivity index (χ2n) is 3.18. The standard InChI is InChI=1S/C11H11F3O3/c1-16-9(15)6-5-7-3-2-4-8(10(7)12)17-11(13)14/h2-4,11H,5-6H2,1H3. The molecule has 0 heterocycles. The number of ether oxygens (including phenoxy) is 2. The fourth-order valence-electron chi connectivity index (χ4n) is 1.28. The van der Waals surface area contributed by atoms with E-state index in [1.165, 1.54) is 19.2 Å². The number of carbonyl (C=O) groups is 1. The molecule has 0 spiro atoms. The number of hydrogen-bond donors (Lipinski definition) is 0. The van der Waals surface area contributed by atoms with E-state index in [1.807, 2.05) is 0 Å². The highest BCUT2D eigenvalue weighted by Gasteiger charge is 2.14. The number of rotatable bonds is 5. The monoisotopic (exact) mass is 248 g/mol. The Balaban J connectivity index is 2.76. The second kappa shape index (κ2) is 6.12. The van der Waals surface area contributed by atoms with E-state index in [-0.39, 0.29) is 18.4 Å². The molecule has 0 bridgehead atoms. The number of benzene rings is 1. The minimum atomic E-state index is -3.08. The lowest BCUT2D eigenvalue weighted by atomic mass is 10.1. The molecule has 0 N–H and O–H groups in total. The van der Waals surface area contributed by atoms with E-state index < -0.39 is 24.1 Å². The van der Waals surface area contributed by atoms with E-state index in [9.17, 15) is 18.0 Å². The van der Waals surface area contributed by atoms with Crippen LogP contribution in [0.1, 0.15) is 12.0 Å². The van der Waals surface area contributed by atoms with Crippen molar-refractivity contribution in [1.82, 2.24) is 0 Å². The van der Waals surface area contributed by atoms with Gasteiger partial charge < -0.3 is 9.47 Å². The molecule has 0 atom stereocenters. The first-order valence-electron chi connectivity index (χ1n) is 4.83. The summed E-state index contributed by atoms with van der Waals surface area (Å²) in [6.07, 6.45) is 0.0461. The normalized spacial score (nSPS) is 10.4. The van der Waals surface area contributed by atoms with Gasteiger partial charge >= 0.3 is 12.6 Å². The zero-order valence-corrected chi connectivity index (χ0v) is 9.08. The summed E-state index contributed by atoms with van der Waals surface area (Å²) in [5, 5.41) is 0. The van der Waals surface area contributed by atoms with Crippen LogP contribution in [0.3, 0.4) is 0 Å². The summed E-state index contributed by atoms with van der Waals surface area (Å²) in [6, 6.07) is 3.88. The van der Waals surface area contributed by atoms with Gasteiger partial charge in [0.2, 0.25) is 0 Å². The molecular formula is C11H11F3O3. The molecular weight excluding hydrogens is 237 g/mol. The van der Waals surface area contributed by atoms with Gasteiger partial charge in [-0.1, -0.05) is 12.1 Å². The average Bonchev–Trinajstić information content (AvgIpc) is 2.29. The number of methoxy groups -OCH3 is 1. The van der Waals surface area contributed by atoms with Crippen LogP contribution in [-0.2, 0) is 16.0 Å². The van der Waals surface area contributed by atoms with Crippen LogP contribution >= 0.6 is 0 Å². The van der Waals surface area contributed by atoms with Crippen molar-refractivity contribution in [3.05, 3.63) is 29.6 Å². The highest BCUT2D eigenvalue weighted by atomic mass is 19.3. The van der Waals surface area contributed by atoms with Crippen LogP contribution in [0.15, 0.2) is 18.2 Å². The maximum absolute atomic E-state index is 13.6. The largest absolute Gasteiger partial charge is 0.469 e. The maximum Gasteiger partial charge on any atom is 0.387 e. The number of carbonyl (C=O) groups excluding carboxylic acids is 1. The Morgan fingerprint density at radius 3 is 2.71 bits per heavy atom. The van der Waals surface area contributed by atoms with Gasteiger partial charge in [-0.2, -0.15) is 8.78 Å². The summed E-state index contributed by atoms with van der Waals surface area (Å²) in [5.74, 6) is -1.90. The van der Waals surface area contributed by atoms with E-state index >= 15 is 0 Å². The third kappa shape index (κ3) is 3.97. The van der Waals surface area contributed by atoms with Crippen LogP contribution < -0.4 is 4.74 Å². The topological polar surface area (TPSA) is 35.5 Å². The van der Waals surface area contributed by atoms with Crippen molar-refractivity contribution in [2.45, 2.75) is 19.5 Å². The predicted molar refractivity (Wildman–Crippen MR) is 53.4 cm³/mol. The zero-order valence-electron chi connectivity index (χ0n) is 9.08. The van der Waals surface area contributed by atoms with E-state index in [1.54, 1.807) is 0 Å². The van der Waals surface area contributed by atoms with Crippen molar-refractivity contribution in [3.63, 3.8) is 0 Å². The van der Waals surface area contributed by atoms with Gasteiger partial charge in [0.05, 0.1) is 7.11 Å². The van der Waals surface area contributed by atoms with E-state index in [4.69, 9.17) is 0 Å². The fourth-order valence-corrected chi connectivity index (χ4v) is 1.28. The number of hydrogen-bond acceptors (Lipinski definition) is 3. The van der Waals surface area contributed by atoms with Crippen LogP contribution in [-0.4, -0.2) is 19.7 Å². The lowest BCUT2D eigenvalue weighted by molar-refractivity contribution is -0.140. The van der Waals surface area contributed by atoms with Gasteiger partial charge in [-0.3, -0.25) is 4.79 Å². The third-order valence-corrected chi connectivity index (χ3v) is 2.09. The van der Waals surface area contributed by atoms with Gasteiger partial charge in [0, 0.05) is 6.42 Å². The molecule has 1 aromatic carbocycles. The van der Waals surface area contributed by atoms with Crippen molar-refractivity contribution in [2.24, 2.45) is 0 Å². The Kier molecular flexibility index (Phi) is 4.81. The Morgan fingerprint density at radius 2 is 2.12 bits per heavy atom. The zero-order chi connectivity index (χ0) is 12.8. The Morgan fingerprint density at radius 1 is 1.41 bits per heavy atom. The fraction of sp³-hybridized carbons (Fsp3) is 0.364. The van der Waals surface area contributed by atoms with Crippen molar-refractivity contribution in [2.75, 3.05) is 7.11 Å². The molecule has 0 aliphatic carbocycles. The van der Waals surface area contributed by atoms with Crippen molar-refractivity contribution < 1.29 is 27.4 Å². The molecule has 0 unspecified atom stereocenters. The first-order valence-corrected chi connectivity index (χ1v) is 4.83. The van der Waals surface area contributed by atoms with Crippen LogP contribution in [0.2, 0.25) is 0 Å². The average molecular weight is 248 g/mol. The summed E-state index contributed by atoms with van der Waals surface area (Å²) in [6.45, 7) is -3.08. The van der Waals surface area contributed by atoms with Crippen LogP contribution in [0.5, 0.6) is 5.75 Å². The number of alkyl halides is 2. The molecule has 0 aromatic heterocycles. The molecule has 0 saturated heterocycles. The molecule has 0 aliphatic heterocycles. The second-order valence-corrected chi connectivity index (χ2v) is 3.18. The molecule has 0 amide bonds. The number of halogens is 3. The smallest absolute Gasteiger partial charge is 0.387 e. The Hall–Kier alpha value is -1.72. The maximum atomic E-state index is 13.6. The first-order chi connectivity index (χ1) is 8.04. The van der Waals surface area contributed by atoms with Gasteiger partial charge in [0.15, 0.2) is 11.6 Å². The molecule has 1 rings (SSSR count). The molecule has 0 radical (unpaired) electrons. The summed E-state index contributed by atoms with van der Waals surface area (Å²) in [4.78, 5) is 10.9. The van der Waals surface area contributed by atoms with Crippen molar-refractivity contribution in [3.8, 4) is 5.75 Å². The minimum Gasteiger partial charge on any atom is -0.469 e. The third-order valence-electron chi connectivity index (χ3n) is 2.09. The molecule has 0 fully saturated rings. The van der Waals surface area contributed by atoms with Crippen LogP contribution in [0, 0.1) is 5.82 Å². The van der Waals surface area contributed by atoms with Gasteiger partial charge in [-0.15, -0.1) is 0 Å².